The summed E-state index contributed by atoms with van der Waals surface area (Å²) in [7, 11) is 0. The molecule has 4 rings (SSSR count). The minimum Gasteiger partial charge on any atom is -0.508 e. The fourth-order valence-electron chi connectivity index (χ4n) is 2.88. The van der Waals surface area contributed by atoms with Crippen LogP contribution in [0.2, 0.25) is 0 Å². The zero-order valence-corrected chi connectivity index (χ0v) is 18.0. The number of aryl methyl sites for hydroxylation is 1. The number of phenolic OH excluding ortho intramolecular Hbond substituents is 1. The minimum atomic E-state index is -0.269. The van der Waals surface area contributed by atoms with Gasteiger partial charge in [0.15, 0.2) is 11.0 Å². The second-order valence-corrected chi connectivity index (χ2v) is 7.83. The molecular weight excluding hydrogens is 424 g/mol. The minimum absolute atomic E-state index is 0.118. The lowest BCUT2D eigenvalue weighted by Crippen LogP contribution is -2.20. The number of carbonyl (C=O) groups is 1. The van der Waals surface area contributed by atoms with E-state index >= 15 is 0 Å². The molecule has 0 aliphatic carbocycles. The Morgan fingerprint density at radius 1 is 1.06 bits per heavy atom. The summed E-state index contributed by atoms with van der Waals surface area (Å²) in [6, 6.07) is 18.3. The first kappa shape index (κ1) is 21.3. The molecule has 0 atom stereocenters. The molecule has 9 heteroatoms. The lowest BCUT2D eigenvalue weighted by atomic mass is 10.2. The van der Waals surface area contributed by atoms with Gasteiger partial charge in [-0.15, -0.1) is 10.2 Å². The quantitative estimate of drug-likeness (QED) is 0.256. The number of aromatic hydroxyl groups is 1. The number of hydrazone groups is 1. The van der Waals surface area contributed by atoms with Crippen molar-refractivity contribution < 1.29 is 9.90 Å². The predicted octanol–water partition coefficient (Wildman–Crippen LogP) is 3.59. The number of carbonyl (C=O) groups excluding carboxylic acids is 1. The van der Waals surface area contributed by atoms with Crippen LogP contribution in [0.1, 0.15) is 11.1 Å². The first-order chi connectivity index (χ1) is 15.6. The van der Waals surface area contributed by atoms with Crippen LogP contribution in [-0.2, 0) is 4.79 Å². The molecule has 2 aromatic carbocycles. The molecule has 0 spiro atoms. The Balaban J connectivity index is 1.49. The fourth-order valence-corrected chi connectivity index (χ4v) is 3.62. The number of benzene rings is 2. The van der Waals surface area contributed by atoms with E-state index in [0.29, 0.717) is 11.0 Å². The number of thioether (sulfide) groups is 1. The molecule has 4 aromatic rings. The highest BCUT2D eigenvalue weighted by Gasteiger charge is 2.17. The second kappa shape index (κ2) is 9.88. The molecule has 8 nitrogen and oxygen atoms in total. The predicted molar refractivity (Wildman–Crippen MR) is 124 cm³/mol. The van der Waals surface area contributed by atoms with Crippen molar-refractivity contribution in [2.45, 2.75) is 12.1 Å². The topological polar surface area (TPSA) is 105 Å². The molecule has 0 aliphatic heterocycles. The maximum absolute atomic E-state index is 12.3. The van der Waals surface area contributed by atoms with E-state index in [-0.39, 0.29) is 17.4 Å². The van der Waals surface area contributed by atoms with Gasteiger partial charge in [0, 0.05) is 23.6 Å². The summed E-state index contributed by atoms with van der Waals surface area (Å²) in [5, 5.41) is 22.5. The average Bonchev–Trinajstić information content (AvgIpc) is 3.24. The van der Waals surface area contributed by atoms with Crippen molar-refractivity contribution in [1.29, 1.82) is 0 Å². The molecule has 32 heavy (non-hydrogen) atoms. The van der Waals surface area contributed by atoms with E-state index in [9.17, 15) is 9.90 Å². The fraction of sp³-hybridized carbons (Fsp3) is 0.0870. The third-order valence-electron chi connectivity index (χ3n) is 4.49. The molecule has 0 fully saturated rings. The summed E-state index contributed by atoms with van der Waals surface area (Å²) in [4.78, 5) is 16.3. The first-order valence-corrected chi connectivity index (χ1v) is 10.8. The maximum atomic E-state index is 12.3. The molecule has 0 saturated heterocycles. The highest BCUT2D eigenvalue weighted by atomic mass is 32.2. The SMILES string of the molecule is Cc1ccc(-n2c(SCC(=O)NN=Cc3ccc(O)cc3)nnc2-c2ccncc2)cc1. The van der Waals surface area contributed by atoms with E-state index in [4.69, 9.17) is 0 Å². The number of hydrogen-bond acceptors (Lipinski definition) is 7. The van der Waals surface area contributed by atoms with E-state index < -0.39 is 0 Å². The van der Waals surface area contributed by atoms with Crippen molar-refractivity contribution in [2.24, 2.45) is 5.10 Å². The number of nitrogens with zero attached hydrogens (tertiary/aromatic N) is 5. The van der Waals surface area contributed by atoms with E-state index in [1.54, 1.807) is 36.7 Å². The van der Waals surface area contributed by atoms with Gasteiger partial charge in [-0.3, -0.25) is 14.3 Å². The van der Waals surface area contributed by atoms with Gasteiger partial charge < -0.3 is 5.11 Å². The summed E-state index contributed by atoms with van der Waals surface area (Å²) >= 11 is 1.27. The molecule has 2 heterocycles. The maximum Gasteiger partial charge on any atom is 0.250 e. The van der Waals surface area contributed by atoms with Crippen LogP contribution in [0.3, 0.4) is 0 Å². The molecule has 1 amide bonds. The lowest BCUT2D eigenvalue weighted by Gasteiger charge is -2.10. The van der Waals surface area contributed by atoms with Crippen LogP contribution >= 0.6 is 11.8 Å². The first-order valence-electron chi connectivity index (χ1n) is 9.77. The van der Waals surface area contributed by atoms with Crippen molar-refractivity contribution in [3.8, 4) is 22.8 Å². The average molecular weight is 445 g/mol. The molecule has 0 saturated carbocycles. The monoisotopic (exact) mass is 444 g/mol. The van der Waals surface area contributed by atoms with Gasteiger partial charge >= 0.3 is 0 Å². The van der Waals surface area contributed by atoms with Crippen LogP contribution < -0.4 is 5.43 Å². The summed E-state index contributed by atoms with van der Waals surface area (Å²) < 4.78 is 1.92. The Bertz CT molecular complexity index is 1220. The number of phenols is 1. The Morgan fingerprint density at radius 3 is 2.50 bits per heavy atom. The second-order valence-electron chi connectivity index (χ2n) is 6.89. The number of amides is 1. The van der Waals surface area contributed by atoms with Crippen LogP contribution in [0.25, 0.3) is 17.1 Å². The number of hydrogen-bond donors (Lipinski definition) is 2. The van der Waals surface area contributed by atoms with Gasteiger partial charge in [-0.05, 0) is 61.0 Å². The van der Waals surface area contributed by atoms with Crippen molar-refractivity contribution in [2.75, 3.05) is 5.75 Å². The van der Waals surface area contributed by atoms with Crippen LogP contribution in [0.15, 0.2) is 83.3 Å². The third-order valence-corrected chi connectivity index (χ3v) is 5.42. The zero-order chi connectivity index (χ0) is 22.3. The number of pyridine rings is 1. The van der Waals surface area contributed by atoms with Gasteiger partial charge in [-0.2, -0.15) is 5.10 Å². The molecular formula is C23H20N6O2S. The van der Waals surface area contributed by atoms with Gasteiger partial charge in [0.25, 0.3) is 5.91 Å². The van der Waals surface area contributed by atoms with Crippen LogP contribution in [0, 0.1) is 6.92 Å². The van der Waals surface area contributed by atoms with E-state index in [0.717, 1.165) is 22.4 Å². The zero-order valence-electron chi connectivity index (χ0n) is 17.2. The van der Waals surface area contributed by atoms with Gasteiger partial charge in [-0.1, -0.05) is 29.5 Å². The summed E-state index contributed by atoms with van der Waals surface area (Å²) in [5.41, 5.74) is 6.19. The highest BCUT2D eigenvalue weighted by Crippen LogP contribution is 2.27. The van der Waals surface area contributed by atoms with Crippen molar-refractivity contribution in [3.63, 3.8) is 0 Å². The van der Waals surface area contributed by atoms with Gasteiger partial charge in [0.2, 0.25) is 0 Å². The number of rotatable bonds is 7. The van der Waals surface area contributed by atoms with E-state index in [2.05, 4.69) is 25.7 Å². The standard InChI is InChI=1S/C23H20N6O2S/c1-16-2-6-19(7-3-16)29-22(18-10-12-24-13-11-18)27-28-23(29)32-15-21(31)26-25-14-17-4-8-20(30)9-5-17/h2-14,30H,15H2,1H3,(H,26,31). The Hall–Kier alpha value is -3.98. The molecule has 0 aliphatic rings. The number of nitrogens with one attached hydrogen (secondary N) is 1. The molecule has 0 unspecified atom stereocenters. The van der Waals surface area contributed by atoms with E-state index in [1.165, 1.54) is 18.0 Å². The van der Waals surface area contributed by atoms with Crippen molar-refractivity contribution in [1.82, 2.24) is 25.2 Å². The van der Waals surface area contributed by atoms with Crippen LogP contribution in [0.5, 0.6) is 5.75 Å². The Kier molecular flexibility index (Phi) is 6.57. The smallest absolute Gasteiger partial charge is 0.250 e. The lowest BCUT2D eigenvalue weighted by molar-refractivity contribution is -0.118. The molecule has 0 bridgehead atoms. The van der Waals surface area contributed by atoms with Crippen molar-refractivity contribution in [3.05, 3.63) is 84.2 Å². The molecule has 0 radical (unpaired) electrons. The summed E-state index contributed by atoms with van der Waals surface area (Å²) in [6.07, 6.45) is 4.92. The van der Waals surface area contributed by atoms with Crippen molar-refractivity contribution >= 4 is 23.9 Å². The van der Waals surface area contributed by atoms with E-state index in [1.807, 2.05) is 47.9 Å². The van der Waals surface area contributed by atoms with Gasteiger partial charge in [-0.25, -0.2) is 5.43 Å². The van der Waals surface area contributed by atoms with Gasteiger partial charge in [0.05, 0.1) is 12.0 Å². The Morgan fingerprint density at radius 2 is 1.78 bits per heavy atom. The molecule has 160 valence electrons. The van der Waals surface area contributed by atoms with Crippen LogP contribution in [-0.4, -0.2) is 42.7 Å². The highest BCUT2D eigenvalue weighted by molar-refractivity contribution is 7.99. The summed E-state index contributed by atoms with van der Waals surface area (Å²) in [6.45, 7) is 2.03. The molecule has 2 aromatic heterocycles. The molecule has 2 N–H and O–H groups in total. The van der Waals surface area contributed by atoms with Gasteiger partial charge in [0.1, 0.15) is 5.75 Å². The summed E-state index contributed by atoms with van der Waals surface area (Å²) in [5.74, 6) is 0.692. The normalized spacial score (nSPS) is 11.0. The Labute approximate surface area is 189 Å². The number of aromatic nitrogens is 4. The van der Waals surface area contributed by atoms with Crippen LogP contribution in [0.4, 0.5) is 0 Å². The largest absolute Gasteiger partial charge is 0.508 e. The third kappa shape index (κ3) is 5.19.